The van der Waals surface area contributed by atoms with Gasteiger partial charge in [-0.15, -0.1) is 0 Å². The summed E-state index contributed by atoms with van der Waals surface area (Å²) in [4.78, 5) is 38.8. The lowest BCUT2D eigenvalue weighted by Crippen LogP contribution is -2.54. The lowest BCUT2D eigenvalue weighted by atomic mass is 10.1. The van der Waals surface area contributed by atoms with E-state index in [1.54, 1.807) is 49.4 Å². The highest BCUT2D eigenvalue weighted by atomic mass is 35.5. The molecule has 172 valence electrons. The van der Waals surface area contributed by atoms with Crippen LogP contribution >= 0.6 is 23.2 Å². The predicted molar refractivity (Wildman–Crippen MR) is 127 cm³/mol. The SMILES string of the molecule is Cc1c(Cl)cccc1N1C(=O)NC(=O)/C(=C\c2ccc(OCc3cccc(F)c3)c(Cl)c2)C1=O. The standard InChI is InChI=1S/C25H17Cl2FN2O4/c1-14-19(26)6-3-7-21(14)30-24(32)18(23(31)29-25(30)33)11-15-8-9-22(20(27)12-15)34-13-16-4-2-5-17(28)10-16/h2-12H,13H2,1H3,(H,29,31,33)/b18-11+. The molecule has 6 nitrogen and oxygen atoms in total. The average Bonchev–Trinajstić information content (AvgIpc) is 2.79. The molecular weight excluding hydrogens is 482 g/mol. The Hall–Kier alpha value is -3.68. The smallest absolute Gasteiger partial charge is 0.335 e. The summed E-state index contributed by atoms with van der Waals surface area (Å²) in [5.41, 5.74) is 1.62. The van der Waals surface area contributed by atoms with Gasteiger partial charge in [-0.1, -0.05) is 47.5 Å². The third-order valence-electron chi connectivity index (χ3n) is 5.13. The molecule has 1 saturated heterocycles. The van der Waals surface area contributed by atoms with Crippen molar-refractivity contribution in [2.75, 3.05) is 4.90 Å². The van der Waals surface area contributed by atoms with E-state index in [4.69, 9.17) is 27.9 Å². The molecule has 3 aromatic carbocycles. The number of amides is 4. The fraction of sp³-hybridized carbons (Fsp3) is 0.0800. The van der Waals surface area contributed by atoms with Crippen molar-refractivity contribution >= 4 is 52.8 Å². The Labute approximate surface area is 204 Å². The van der Waals surface area contributed by atoms with Crippen LogP contribution in [-0.4, -0.2) is 17.8 Å². The summed E-state index contributed by atoms with van der Waals surface area (Å²) in [6, 6.07) is 14.6. The Morgan fingerprint density at radius 1 is 1.00 bits per heavy atom. The minimum atomic E-state index is -0.864. The molecule has 0 atom stereocenters. The number of hydrogen-bond acceptors (Lipinski definition) is 4. The summed E-state index contributed by atoms with van der Waals surface area (Å²) < 4.78 is 19.0. The zero-order chi connectivity index (χ0) is 24.4. The van der Waals surface area contributed by atoms with Gasteiger partial charge in [0.1, 0.15) is 23.7 Å². The fourth-order valence-electron chi connectivity index (χ4n) is 3.39. The van der Waals surface area contributed by atoms with Gasteiger partial charge in [0, 0.05) is 5.02 Å². The second-order valence-corrected chi connectivity index (χ2v) is 8.26. The van der Waals surface area contributed by atoms with Crippen LogP contribution in [0.5, 0.6) is 5.75 Å². The van der Waals surface area contributed by atoms with Crippen LogP contribution in [0, 0.1) is 12.7 Å². The topological polar surface area (TPSA) is 75.7 Å². The third-order valence-corrected chi connectivity index (χ3v) is 5.84. The van der Waals surface area contributed by atoms with Gasteiger partial charge in [0.2, 0.25) is 0 Å². The van der Waals surface area contributed by atoms with E-state index in [0.29, 0.717) is 27.5 Å². The Kier molecular flexibility index (Phi) is 6.68. The Morgan fingerprint density at radius 2 is 1.76 bits per heavy atom. The Bertz CT molecular complexity index is 1360. The van der Waals surface area contributed by atoms with Crippen LogP contribution in [-0.2, 0) is 16.2 Å². The number of rotatable bonds is 5. The maximum absolute atomic E-state index is 13.3. The molecule has 1 aliphatic heterocycles. The average molecular weight is 499 g/mol. The maximum atomic E-state index is 13.3. The molecule has 3 aromatic rings. The fourth-order valence-corrected chi connectivity index (χ4v) is 3.81. The van der Waals surface area contributed by atoms with Gasteiger partial charge < -0.3 is 4.74 Å². The highest BCUT2D eigenvalue weighted by Crippen LogP contribution is 2.31. The van der Waals surface area contributed by atoms with Crippen molar-refractivity contribution in [3.63, 3.8) is 0 Å². The van der Waals surface area contributed by atoms with Crippen LogP contribution in [0.3, 0.4) is 0 Å². The number of anilines is 1. The van der Waals surface area contributed by atoms with Crippen LogP contribution in [0.1, 0.15) is 16.7 Å². The first-order chi connectivity index (χ1) is 16.2. The molecule has 0 saturated carbocycles. The number of nitrogens with one attached hydrogen (secondary N) is 1. The number of barbiturate groups is 1. The first kappa shape index (κ1) is 23.5. The number of imide groups is 2. The molecule has 34 heavy (non-hydrogen) atoms. The molecule has 0 unspecified atom stereocenters. The minimum absolute atomic E-state index is 0.106. The highest BCUT2D eigenvalue weighted by Gasteiger charge is 2.37. The number of carbonyl (C=O) groups is 3. The van der Waals surface area contributed by atoms with Crippen molar-refractivity contribution in [3.05, 3.63) is 98.8 Å². The van der Waals surface area contributed by atoms with Crippen LogP contribution in [0.25, 0.3) is 6.08 Å². The van der Waals surface area contributed by atoms with Crippen LogP contribution in [0.15, 0.2) is 66.2 Å². The summed E-state index contributed by atoms with van der Waals surface area (Å²) in [6.45, 7) is 1.77. The molecule has 1 fully saturated rings. The lowest BCUT2D eigenvalue weighted by molar-refractivity contribution is -0.122. The third kappa shape index (κ3) is 4.81. The first-order valence-electron chi connectivity index (χ1n) is 10.1. The van der Waals surface area contributed by atoms with E-state index in [1.165, 1.54) is 24.3 Å². The number of nitrogens with zero attached hydrogens (tertiary/aromatic N) is 1. The van der Waals surface area contributed by atoms with Crippen LogP contribution in [0.2, 0.25) is 10.0 Å². The minimum Gasteiger partial charge on any atom is -0.487 e. The molecule has 0 bridgehead atoms. The van der Waals surface area contributed by atoms with Crippen molar-refractivity contribution in [2.24, 2.45) is 0 Å². The van der Waals surface area contributed by atoms with Crippen molar-refractivity contribution in [1.29, 1.82) is 0 Å². The summed E-state index contributed by atoms with van der Waals surface area (Å²) in [5.74, 6) is -1.64. The highest BCUT2D eigenvalue weighted by molar-refractivity contribution is 6.40. The second kappa shape index (κ2) is 9.67. The number of benzene rings is 3. The van der Waals surface area contributed by atoms with Gasteiger partial charge in [-0.25, -0.2) is 14.1 Å². The first-order valence-corrected chi connectivity index (χ1v) is 10.8. The van der Waals surface area contributed by atoms with Gasteiger partial charge in [-0.3, -0.25) is 14.9 Å². The van der Waals surface area contributed by atoms with Gasteiger partial charge in [-0.2, -0.15) is 0 Å². The van der Waals surface area contributed by atoms with E-state index >= 15 is 0 Å². The number of halogens is 3. The quantitative estimate of drug-likeness (QED) is 0.362. The van der Waals surface area contributed by atoms with Gasteiger partial charge in [0.05, 0.1) is 10.7 Å². The number of urea groups is 1. The van der Waals surface area contributed by atoms with Crippen molar-refractivity contribution in [3.8, 4) is 5.75 Å². The van der Waals surface area contributed by atoms with Crippen LogP contribution < -0.4 is 15.0 Å². The van der Waals surface area contributed by atoms with E-state index in [-0.39, 0.29) is 28.7 Å². The summed E-state index contributed by atoms with van der Waals surface area (Å²) in [7, 11) is 0. The number of carbonyl (C=O) groups excluding carboxylic acids is 3. The molecule has 4 rings (SSSR count). The molecular formula is C25H17Cl2FN2O4. The molecule has 0 spiro atoms. The van der Waals surface area contributed by atoms with Gasteiger partial charge in [0.15, 0.2) is 0 Å². The molecule has 1 N–H and O–H groups in total. The maximum Gasteiger partial charge on any atom is 0.335 e. The molecule has 9 heteroatoms. The summed E-state index contributed by atoms with van der Waals surface area (Å²) in [5, 5.41) is 2.78. The van der Waals surface area contributed by atoms with E-state index in [2.05, 4.69) is 5.32 Å². The number of ether oxygens (including phenoxy) is 1. The Morgan fingerprint density at radius 3 is 2.50 bits per heavy atom. The van der Waals surface area contributed by atoms with Crippen LogP contribution in [0.4, 0.5) is 14.9 Å². The van der Waals surface area contributed by atoms with E-state index in [1.807, 2.05) is 0 Å². The van der Waals surface area contributed by atoms with Gasteiger partial charge in [-0.05, 0) is 66.1 Å². The van der Waals surface area contributed by atoms with Crippen molar-refractivity contribution in [2.45, 2.75) is 13.5 Å². The van der Waals surface area contributed by atoms with Gasteiger partial charge >= 0.3 is 6.03 Å². The molecule has 1 aliphatic rings. The van der Waals surface area contributed by atoms with Crippen molar-refractivity contribution < 1.29 is 23.5 Å². The summed E-state index contributed by atoms with van der Waals surface area (Å²) >= 11 is 12.4. The molecule has 0 aliphatic carbocycles. The predicted octanol–water partition coefficient (Wildman–Crippen LogP) is 5.69. The second-order valence-electron chi connectivity index (χ2n) is 7.45. The zero-order valence-corrected chi connectivity index (χ0v) is 19.3. The molecule has 4 amide bonds. The molecule has 0 aromatic heterocycles. The molecule has 0 radical (unpaired) electrons. The molecule has 1 heterocycles. The monoisotopic (exact) mass is 498 g/mol. The summed E-state index contributed by atoms with van der Waals surface area (Å²) in [6.07, 6.45) is 1.33. The Balaban J connectivity index is 1.59. The van der Waals surface area contributed by atoms with Gasteiger partial charge in [0.25, 0.3) is 11.8 Å². The number of hydrogen-bond donors (Lipinski definition) is 1. The van der Waals surface area contributed by atoms with E-state index in [9.17, 15) is 18.8 Å². The normalized spacial score (nSPS) is 15.0. The zero-order valence-electron chi connectivity index (χ0n) is 17.8. The van der Waals surface area contributed by atoms with E-state index in [0.717, 1.165) is 4.90 Å². The lowest BCUT2D eigenvalue weighted by Gasteiger charge is -2.27. The largest absolute Gasteiger partial charge is 0.487 e. The van der Waals surface area contributed by atoms with E-state index < -0.39 is 17.8 Å². The van der Waals surface area contributed by atoms with Crippen molar-refractivity contribution in [1.82, 2.24) is 5.32 Å².